The van der Waals surface area contributed by atoms with Crippen molar-refractivity contribution in [3.63, 3.8) is 0 Å². The van der Waals surface area contributed by atoms with Crippen molar-refractivity contribution in [1.82, 2.24) is 0 Å². The molecule has 0 aromatic heterocycles. The van der Waals surface area contributed by atoms with Crippen molar-refractivity contribution >= 4 is 15.9 Å². The normalized spacial score (nSPS) is 13.2. The molecule has 0 saturated heterocycles. The Balaban J connectivity index is 2.61. The molecule has 0 radical (unpaired) electrons. The first-order valence-electron chi connectivity index (χ1n) is 5.12. The van der Waals surface area contributed by atoms with Gasteiger partial charge in [0.25, 0.3) is 0 Å². The van der Waals surface area contributed by atoms with Crippen molar-refractivity contribution in [3.05, 3.63) is 34.1 Å². The van der Waals surface area contributed by atoms with Gasteiger partial charge in [-0.3, -0.25) is 0 Å². The minimum atomic E-state index is -0.358. The first kappa shape index (κ1) is 12.7. The van der Waals surface area contributed by atoms with Gasteiger partial charge in [-0.15, -0.1) is 0 Å². The van der Waals surface area contributed by atoms with Crippen molar-refractivity contribution in [2.24, 2.45) is 5.92 Å². The third-order valence-corrected chi connectivity index (χ3v) is 2.98. The fourth-order valence-corrected chi connectivity index (χ4v) is 1.78. The van der Waals surface area contributed by atoms with E-state index < -0.39 is 0 Å². The van der Waals surface area contributed by atoms with Crippen LogP contribution < -0.4 is 0 Å². The van der Waals surface area contributed by atoms with Crippen LogP contribution in [-0.4, -0.2) is 11.2 Å². The monoisotopic (exact) mass is 274 g/mol. The molecule has 0 saturated carbocycles. The van der Waals surface area contributed by atoms with E-state index in [1.807, 2.05) is 13.8 Å². The van der Waals surface area contributed by atoms with Gasteiger partial charge in [0.1, 0.15) is 5.82 Å². The molecule has 1 N–H and O–H groups in total. The van der Waals surface area contributed by atoms with E-state index in [1.54, 1.807) is 12.1 Å². The molecule has 0 aliphatic rings. The molecule has 0 bridgehead atoms. The fourth-order valence-electron chi connectivity index (χ4n) is 1.37. The molecule has 1 rings (SSSR count). The molecular formula is C12H16BrFO. The minimum Gasteiger partial charge on any atom is -0.393 e. The van der Waals surface area contributed by atoms with Crippen LogP contribution in [0.3, 0.4) is 0 Å². The molecule has 1 atom stereocenters. The molecule has 1 aromatic carbocycles. The summed E-state index contributed by atoms with van der Waals surface area (Å²) in [7, 11) is 0. The fraction of sp³-hybridized carbons (Fsp3) is 0.500. The molecule has 0 spiro atoms. The second kappa shape index (κ2) is 5.61. The van der Waals surface area contributed by atoms with Crippen molar-refractivity contribution in [1.29, 1.82) is 0 Å². The quantitative estimate of drug-likeness (QED) is 0.891. The van der Waals surface area contributed by atoms with E-state index in [0.717, 1.165) is 4.47 Å². The second-order valence-corrected chi connectivity index (χ2v) is 5.00. The summed E-state index contributed by atoms with van der Waals surface area (Å²) in [5.41, 5.74) is 0.657. The lowest BCUT2D eigenvalue weighted by Crippen LogP contribution is -2.15. The van der Waals surface area contributed by atoms with E-state index in [4.69, 9.17) is 0 Å². The van der Waals surface area contributed by atoms with Gasteiger partial charge in [-0.2, -0.15) is 0 Å². The Morgan fingerprint density at radius 3 is 2.67 bits per heavy atom. The molecule has 0 fully saturated rings. The van der Waals surface area contributed by atoms with Crippen LogP contribution in [0.4, 0.5) is 4.39 Å². The van der Waals surface area contributed by atoms with Gasteiger partial charge in [-0.25, -0.2) is 4.39 Å². The lowest BCUT2D eigenvalue weighted by molar-refractivity contribution is 0.116. The lowest BCUT2D eigenvalue weighted by atomic mass is 9.99. The second-order valence-electron chi connectivity index (χ2n) is 4.09. The number of aliphatic hydroxyl groups is 1. The Bertz CT molecular complexity index is 325. The van der Waals surface area contributed by atoms with E-state index in [9.17, 15) is 9.50 Å². The molecule has 3 heteroatoms. The van der Waals surface area contributed by atoms with Gasteiger partial charge in [0.2, 0.25) is 0 Å². The van der Waals surface area contributed by atoms with Gasteiger partial charge in [-0.1, -0.05) is 29.8 Å². The number of hydrogen-bond donors (Lipinski definition) is 1. The molecule has 0 amide bonds. The molecule has 1 unspecified atom stereocenters. The predicted octanol–water partition coefficient (Wildman–Crippen LogP) is 3.54. The van der Waals surface area contributed by atoms with Crippen LogP contribution in [0.1, 0.15) is 25.8 Å². The van der Waals surface area contributed by atoms with Gasteiger partial charge in [-0.05, 0) is 42.5 Å². The molecule has 1 aromatic rings. The highest BCUT2D eigenvalue weighted by Crippen LogP contribution is 2.18. The Labute approximate surface area is 98.4 Å². The Hall–Kier alpha value is -0.410. The topological polar surface area (TPSA) is 20.2 Å². The third-order valence-electron chi connectivity index (χ3n) is 2.49. The van der Waals surface area contributed by atoms with Crippen molar-refractivity contribution in [2.75, 3.05) is 0 Å². The van der Waals surface area contributed by atoms with Crippen LogP contribution in [0.5, 0.6) is 0 Å². The van der Waals surface area contributed by atoms with E-state index in [2.05, 4.69) is 15.9 Å². The molecule has 0 aliphatic carbocycles. The van der Waals surface area contributed by atoms with Crippen molar-refractivity contribution < 1.29 is 9.50 Å². The van der Waals surface area contributed by atoms with E-state index >= 15 is 0 Å². The van der Waals surface area contributed by atoms with Crippen LogP contribution in [0.15, 0.2) is 22.7 Å². The van der Waals surface area contributed by atoms with Crippen LogP contribution in [0.25, 0.3) is 0 Å². The van der Waals surface area contributed by atoms with Gasteiger partial charge < -0.3 is 5.11 Å². The molecule has 15 heavy (non-hydrogen) atoms. The first-order valence-corrected chi connectivity index (χ1v) is 5.92. The highest BCUT2D eigenvalue weighted by Gasteiger charge is 2.10. The summed E-state index contributed by atoms with van der Waals surface area (Å²) in [5, 5.41) is 9.61. The van der Waals surface area contributed by atoms with Crippen molar-refractivity contribution in [3.8, 4) is 0 Å². The highest BCUT2D eigenvalue weighted by atomic mass is 79.9. The van der Waals surface area contributed by atoms with Gasteiger partial charge in [0.05, 0.1) is 6.10 Å². The average Bonchev–Trinajstić information content (AvgIpc) is 2.18. The standard InChI is InChI=1S/C12H16BrFO/c1-8(2)12(15)6-3-9-7-10(13)4-5-11(9)14/h4-5,7-8,12,15H,3,6H2,1-2H3. The maximum atomic E-state index is 13.3. The van der Waals surface area contributed by atoms with Gasteiger partial charge in [0, 0.05) is 4.47 Å². The summed E-state index contributed by atoms with van der Waals surface area (Å²) < 4.78 is 14.2. The maximum absolute atomic E-state index is 13.3. The van der Waals surface area contributed by atoms with Crippen LogP contribution in [0, 0.1) is 11.7 Å². The maximum Gasteiger partial charge on any atom is 0.126 e. The summed E-state index contributed by atoms with van der Waals surface area (Å²) in [6, 6.07) is 4.89. The molecule has 1 nitrogen and oxygen atoms in total. The summed E-state index contributed by atoms with van der Waals surface area (Å²) in [6.45, 7) is 3.92. The van der Waals surface area contributed by atoms with Crippen LogP contribution in [-0.2, 0) is 6.42 Å². The lowest BCUT2D eigenvalue weighted by Gasteiger charge is -2.14. The van der Waals surface area contributed by atoms with Gasteiger partial charge in [0.15, 0.2) is 0 Å². The zero-order valence-corrected chi connectivity index (χ0v) is 10.6. The molecule has 84 valence electrons. The average molecular weight is 275 g/mol. The smallest absolute Gasteiger partial charge is 0.126 e. The van der Waals surface area contributed by atoms with Crippen LogP contribution in [0.2, 0.25) is 0 Å². The number of aryl methyl sites for hydroxylation is 1. The predicted molar refractivity (Wildman–Crippen MR) is 63.3 cm³/mol. The zero-order valence-electron chi connectivity index (χ0n) is 9.00. The van der Waals surface area contributed by atoms with E-state index in [-0.39, 0.29) is 17.8 Å². The number of benzene rings is 1. The third kappa shape index (κ3) is 3.92. The summed E-state index contributed by atoms with van der Waals surface area (Å²) in [4.78, 5) is 0. The highest BCUT2D eigenvalue weighted by molar-refractivity contribution is 9.10. The van der Waals surface area contributed by atoms with Crippen LogP contribution >= 0.6 is 15.9 Å². The summed E-state index contributed by atoms with van der Waals surface area (Å²) in [6.07, 6.45) is 0.818. The Morgan fingerprint density at radius 1 is 1.40 bits per heavy atom. The van der Waals surface area contributed by atoms with E-state index in [0.29, 0.717) is 18.4 Å². The molecular weight excluding hydrogens is 259 g/mol. The Kier molecular flexibility index (Phi) is 4.74. The molecule has 0 heterocycles. The number of rotatable bonds is 4. The zero-order chi connectivity index (χ0) is 11.4. The summed E-state index contributed by atoms with van der Waals surface area (Å²) >= 11 is 3.30. The van der Waals surface area contributed by atoms with Crippen molar-refractivity contribution in [2.45, 2.75) is 32.8 Å². The largest absolute Gasteiger partial charge is 0.393 e. The van der Waals surface area contributed by atoms with Gasteiger partial charge >= 0.3 is 0 Å². The first-order chi connectivity index (χ1) is 7.00. The molecule has 0 aliphatic heterocycles. The van der Waals surface area contributed by atoms with E-state index in [1.165, 1.54) is 6.07 Å². The summed E-state index contributed by atoms with van der Waals surface area (Å²) in [5.74, 6) is 0.0226. The number of aliphatic hydroxyl groups excluding tert-OH is 1. The minimum absolute atomic E-state index is 0.200. The number of hydrogen-bond acceptors (Lipinski definition) is 1. The SMILES string of the molecule is CC(C)C(O)CCc1cc(Br)ccc1F. The Morgan fingerprint density at radius 2 is 2.07 bits per heavy atom. The number of halogens is 2.